The summed E-state index contributed by atoms with van der Waals surface area (Å²) in [5.74, 6) is 1.27. The van der Waals surface area contributed by atoms with Gasteiger partial charge in [0.15, 0.2) is 0 Å². The molecule has 5 heteroatoms. The largest absolute Gasteiger partial charge is 0.497 e. The molecule has 0 aliphatic carbocycles. The van der Waals surface area contributed by atoms with Crippen molar-refractivity contribution >= 4 is 11.6 Å². The highest BCUT2D eigenvalue weighted by atomic mass is 35.5. The predicted octanol–water partition coefficient (Wildman–Crippen LogP) is 3.43. The Kier molecular flexibility index (Phi) is 5.84. The molecule has 0 radical (unpaired) electrons. The van der Waals surface area contributed by atoms with Crippen LogP contribution in [0.5, 0.6) is 11.6 Å². The van der Waals surface area contributed by atoms with Crippen LogP contribution in [0.4, 0.5) is 0 Å². The fourth-order valence-electron chi connectivity index (χ4n) is 1.81. The van der Waals surface area contributed by atoms with Crippen LogP contribution in [0.1, 0.15) is 18.1 Å². The molecule has 0 amide bonds. The molecular weight excluding hydrogens is 288 g/mol. The first-order valence-electron chi connectivity index (χ1n) is 6.83. The number of halogens is 1. The molecule has 0 atom stereocenters. The zero-order valence-corrected chi connectivity index (χ0v) is 13.0. The summed E-state index contributed by atoms with van der Waals surface area (Å²) in [6.07, 6.45) is 1.78. The Hall–Kier alpha value is -1.78. The standard InChI is InChI=1S/C16H19ClN2O2/c1-3-18-9-13-8-15(17)16(19-10-13)21-11-12-4-6-14(20-2)7-5-12/h4-8,10,18H,3,9,11H2,1-2H3. The van der Waals surface area contributed by atoms with Crippen molar-refractivity contribution in [2.45, 2.75) is 20.1 Å². The average molecular weight is 307 g/mol. The molecule has 0 aliphatic heterocycles. The monoisotopic (exact) mass is 306 g/mol. The number of benzene rings is 1. The van der Waals surface area contributed by atoms with Crippen molar-refractivity contribution in [1.29, 1.82) is 0 Å². The van der Waals surface area contributed by atoms with Gasteiger partial charge in [-0.2, -0.15) is 0 Å². The summed E-state index contributed by atoms with van der Waals surface area (Å²) in [6.45, 7) is 4.14. The number of methoxy groups -OCH3 is 1. The molecule has 0 saturated carbocycles. The third-order valence-electron chi connectivity index (χ3n) is 2.98. The first kappa shape index (κ1) is 15.6. The van der Waals surface area contributed by atoms with E-state index in [4.69, 9.17) is 21.1 Å². The Morgan fingerprint density at radius 1 is 1.19 bits per heavy atom. The maximum absolute atomic E-state index is 6.19. The van der Waals surface area contributed by atoms with E-state index in [0.29, 0.717) is 17.5 Å². The normalized spacial score (nSPS) is 10.4. The van der Waals surface area contributed by atoms with Crippen LogP contribution < -0.4 is 14.8 Å². The van der Waals surface area contributed by atoms with E-state index >= 15 is 0 Å². The Labute approximate surface area is 130 Å². The smallest absolute Gasteiger partial charge is 0.232 e. The Bertz CT molecular complexity index is 573. The fourth-order valence-corrected chi connectivity index (χ4v) is 2.05. The Morgan fingerprint density at radius 2 is 1.95 bits per heavy atom. The van der Waals surface area contributed by atoms with Crippen molar-refractivity contribution in [3.63, 3.8) is 0 Å². The SMILES string of the molecule is CCNCc1cnc(OCc2ccc(OC)cc2)c(Cl)c1. The van der Waals surface area contributed by atoms with Crippen molar-refractivity contribution in [1.82, 2.24) is 10.3 Å². The Morgan fingerprint density at radius 3 is 2.57 bits per heavy atom. The highest BCUT2D eigenvalue weighted by molar-refractivity contribution is 6.31. The molecule has 0 bridgehead atoms. The van der Waals surface area contributed by atoms with E-state index in [1.54, 1.807) is 13.3 Å². The number of hydrogen-bond acceptors (Lipinski definition) is 4. The molecule has 4 nitrogen and oxygen atoms in total. The minimum Gasteiger partial charge on any atom is -0.497 e. The summed E-state index contributed by atoms with van der Waals surface area (Å²) in [5.41, 5.74) is 2.07. The van der Waals surface area contributed by atoms with Crippen molar-refractivity contribution in [2.24, 2.45) is 0 Å². The molecular formula is C16H19ClN2O2. The lowest BCUT2D eigenvalue weighted by molar-refractivity contribution is 0.293. The van der Waals surface area contributed by atoms with E-state index < -0.39 is 0 Å². The second-order valence-electron chi connectivity index (χ2n) is 4.55. The second-order valence-corrected chi connectivity index (χ2v) is 4.95. The first-order valence-corrected chi connectivity index (χ1v) is 7.21. The number of pyridine rings is 1. The number of rotatable bonds is 7. The Balaban J connectivity index is 1.95. The van der Waals surface area contributed by atoms with Gasteiger partial charge in [-0.1, -0.05) is 30.7 Å². The molecule has 1 N–H and O–H groups in total. The number of nitrogens with one attached hydrogen (secondary N) is 1. The van der Waals surface area contributed by atoms with Gasteiger partial charge in [-0.05, 0) is 35.9 Å². The highest BCUT2D eigenvalue weighted by Crippen LogP contribution is 2.23. The number of ether oxygens (including phenoxy) is 2. The van der Waals surface area contributed by atoms with E-state index in [2.05, 4.69) is 17.2 Å². The van der Waals surface area contributed by atoms with Crippen LogP contribution in [0.3, 0.4) is 0 Å². The van der Waals surface area contributed by atoms with Gasteiger partial charge in [0.1, 0.15) is 17.4 Å². The predicted molar refractivity (Wildman–Crippen MR) is 84.0 cm³/mol. The summed E-state index contributed by atoms with van der Waals surface area (Å²) in [4.78, 5) is 4.26. The van der Waals surface area contributed by atoms with Gasteiger partial charge in [-0.25, -0.2) is 4.98 Å². The molecule has 0 aliphatic rings. The van der Waals surface area contributed by atoms with Gasteiger partial charge in [0.2, 0.25) is 5.88 Å². The van der Waals surface area contributed by atoms with Gasteiger partial charge in [0.05, 0.1) is 7.11 Å². The molecule has 0 saturated heterocycles. The molecule has 1 aromatic heterocycles. The van der Waals surface area contributed by atoms with Gasteiger partial charge >= 0.3 is 0 Å². The van der Waals surface area contributed by atoms with Crippen molar-refractivity contribution < 1.29 is 9.47 Å². The van der Waals surface area contributed by atoms with Crippen molar-refractivity contribution in [3.8, 4) is 11.6 Å². The fraction of sp³-hybridized carbons (Fsp3) is 0.312. The molecule has 2 aromatic rings. The van der Waals surface area contributed by atoms with Gasteiger partial charge < -0.3 is 14.8 Å². The molecule has 0 spiro atoms. The summed E-state index contributed by atoms with van der Waals surface area (Å²) < 4.78 is 10.8. The number of nitrogens with zero attached hydrogens (tertiary/aromatic N) is 1. The molecule has 0 fully saturated rings. The lowest BCUT2D eigenvalue weighted by Crippen LogP contribution is -2.12. The molecule has 0 unspecified atom stereocenters. The summed E-state index contributed by atoms with van der Waals surface area (Å²) in [5, 5.41) is 3.76. The maximum atomic E-state index is 6.19. The third-order valence-corrected chi connectivity index (χ3v) is 3.25. The summed E-state index contributed by atoms with van der Waals surface area (Å²) in [6, 6.07) is 9.57. The lowest BCUT2D eigenvalue weighted by Gasteiger charge is -2.09. The average Bonchev–Trinajstić information content (AvgIpc) is 2.52. The molecule has 1 aromatic carbocycles. The van der Waals surface area contributed by atoms with Crippen LogP contribution in [-0.4, -0.2) is 18.6 Å². The summed E-state index contributed by atoms with van der Waals surface area (Å²) in [7, 11) is 1.64. The van der Waals surface area contributed by atoms with E-state index in [0.717, 1.165) is 30.0 Å². The highest BCUT2D eigenvalue weighted by Gasteiger charge is 2.05. The minimum atomic E-state index is 0.420. The van der Waals surface area contributed by atoms with E-state index in [1.165, 1.54) is 0 Å². The second kappa shape index (κ2) is 7.86. The molecule has 2 rings (SSSR count). The number of hydrogen-bond donors (Lipinski definition) is 1. The molecule has 21 heavy (non-hydrogen) atoms. The summed E-state index contributed by atoms with van der Waals surface area (Å²) >= 11 is 6.19. The van der Waals surface area contributed by atoms with Gasteiger partial charge in [-0.3, -0.25) is 0 Å². The van der Waals surface area contributed by atoms with E-state index in [9.17, 15) is 0 Å². The van der Waals surface area contributed by atoms with Crippen molar-refractivity contribution in [3.05, 3.63) is 52.7 Å². The van der Waals surface area contributed by atoms with Gasteiger partial charge in [0.25, 0.3) is 0 Å². The van der Waals surface area contributed by atoms with Crippen LogP contribution in [0, 0.1) is 0 Å². The van der Waals surface area contributed by atoms with Crippen LogP contribution in [0.2, 0.25) is 5.02 Å². The number of aromatic nitrogens is 1. The van der Waals surface area contributed by atoms with E-state index in [-0.39, 0.29) is 0 Å². The van der Waals surface area contributed by atoms with Crippen LogP contribution in [0.25, 0.3) is 0 Å². The zero-order valence-electron chi connectivity index (χ0n) is 12.2. The first-order chi connectivity index (χ1) is 10.2. The maximum Gasteiger partial charge on any atom is 0.232 e. The molecule has 1 heterocycles. The lowest BCUT2D eigenvalue weighted by atomic mass is 10.2. The van der Waals surface area contributed by atoms with Gasteiger partial charge in [0, 0.05) is 12.7 Å². The van der Waals surface area contributed by atoms with Crippen LogP contribution >= 0.6 is 11.6 Å². The molecule has 112 valence electrons. The topological polar surface area (TPSA) is 43.4 Å². The third kappa shape index (κ3) is 4.62. The van der Waals surface area contributed by atoms with Gasteiger partial charge in [-0.15, -0.1) is 0 Å². The van der Waals surface area contributed by atoms with Crippen LogP contribution in [0.15, 0.2) is 36.5 Å². The van der Waals surface area contributed by atoms with Crippen molar-refractivity contribution in [2.75, 3.05) is 13.7 Å². The van der Waals surface area contributed by atoms with E-state index in [1.807, 2.05) is 30.3 Å². The zero-order chi connectivity index (χ0) is 15.1. The quantitative estimate of drug-likeness (QED) is 0.851. The van der Waals surface area contributed by atoms with Crippen LogP contribution in [-0.2, 0) is 13.2 Å². The minimum absolute atomic E-state index is 0.420.